The lowest BCUT2D eigenvalue weighted by Gasteiger charge is -2.38. The van der Waals surface area contributed by atoms with Gasteiger partial charge in [-0.1, -0.05) is 0 Å². The highest BCUT2D eigenvalue weighted by atomic mass is 19.1. The predicted molar refractivity (Wildman–Crippen MR) is 59.1 cm³/mol. The van der Waals surface area contributed by atoms with Gasteiger partial charge in [-0.15, -0.1) is 0 Å². The van der Waals surface area contributed by atoms with Gasteiger partial charge in [0.15, 0.2) is 0 Å². The van der Waals surface area contributed by atoms with E-state index in [0.717, 1.165) is 19.4 Å². The van der Waals surface area contributed by atoms with Crippen molar-refractivity contribution < 1.29 is 14.3 Å². The van der Waals surface area contributed by atoms with Crippen molar-refractivity contribution in [2.24, 2.45) is 5.92 Å². The molecular formula is C12H20FNO2. The molecule has 1 N–H and O–H groups in total. The minimum absolute atomic E-state index is 0.242. The molecule has 3 nitrogen and oxygen atoms in total. The molecule has 0 radical (unpaired) electrons. The van der Waals surface area contributed by atoms with Crippen molar-refractivity contribution in [1.82, 2.24) is 4.90 Å². The van der Waals surface area contributed by atoms with Crippen LogP contribution in [-0.4, -0.2) is 41.3 Å². The number of carboxylic acids is 1. The predicted octanol–water partition coefficient (Wildman–Crippen LogP) is 2.06. The van der Waals surface area contributed by atoms with Crippen LogP contribution < -0.4 is 0 Å². The molecule has 0 saturated carbocycles. The molecule has 2 heterocycles. The molecule has 2 rings (SSSR count). The van der Waals surface area contributed by atoms with E-state index in [-0.39, 0.29) is 6.67 Å². The second-order valence-electron chi connectivity index (χ2n) is 5.10. The Morgan fingerprint density at radius 1 is 1.31 bits per heavy atom. The van der Waals surface area contributed by atoms with Gasteiger partial charge in [0, 0.05) is 25.0 Å². The molecule has 4 heteroatoms. The molecule has 2 aliphatic heterocycles. The molecule has 2 aliphatic rings. The van der Waals surface area contributed by atoms with Crippen LogP contribution in [-0.2, 0) is 4.79 Å². The van der Waals surface area contributed by atoms with Crippen molar-refractivity contribution in [2.45, 2.75) is 50.6 Å². The number of aliphatic carboxylic acids is 1. The SMILES string of the molecule is O=C(O)CC1CC2CCC(C1)N2CCCF. The summed E-state index contributed by atoms with van der Waals surface area (Å²) in [7, 11) is 0. The van der Waals surface area contributed by atoms with Crippen molar-refractivity contribution in [2.75, 3.05) is 13.2 Å². The molecule has 2 unspecified atom stereocenters. The maximum atomic E-state index is 12.2. The number of halogens is 1. The summed E-state index contributed by atoms with van der Waals surface area (Å²) in [5.41, 5.74) is 0. The molecule has 2 bridgehead atoms. The lowest BCUT2D eigenvalue weighted by Crippen LogP contribution is -2.43. The van der Waals surface area contributed by atoms with Crippen molar-refractivity contribution in [3.8, 4) is 0 Å². The molecule has 0 spiro atoms. The van der Waals surface area contributed by atoms with E-state index in [1.54, 1.807) is 0 Å². The Hall–Kier alpha value is -0.640. The molecule has 0 aromatic rings. The maximum Gasteiger partial charge on any atom is 0.303 e. The fraction of sp³-hybridized carbons (Fsp3) is 0.917. The monoisotopic (exact) mass is 229 g/mol. The van der Waals surface area contributed by atoms with Crippen LogP contribution in [0.3, 0.4) is 0 Å². The van der Waals surface area contributed by atoms with Crippen LogP contribution in [0.5, 0.6) is 0 Å². The van der Waals surface area contributed by atoms with Crippen LogP contribution in [0.15, 0.2) is 0 Å². The third-order valence-corrected chi connectivity index (χ3v) is 4.00. The zero-order valence-corrected chi connectivity index (χ0v) is 9.57. The Morgan fingerprint density at radius 2 is 1.94 bits per heavy atom. The highest BCUT2D eigenvalue weighted by molar-refractivity contribution is 5.67. The van der Waals surface area contributed by atoms with E-state index in [0.29, 0.717) is 30.8 Å². The number of carbonyl (C=O) groups is 1. The average Bonchev–Trinajstić information content (AvgIpc) is 2.46. The summed E-state index contributed by atoms with van der Waals surface area (Å²) in [6.45, 7) is 0.611. The van der Waals surface area contributed by atoms with Crippen LogP contribution in [0, 0.1) is 5.92 Å². The number of alkyl halides is 1. The molecule has 0 amide bonds. The molecule has 2 saturated heterocycles. The smallest absolute Gasteiger partial charge is 0.303 e. The number of hydrogen-bond acceptors (Lipinski definition) is 2. The molecule has 2 fully saturated rings. The summed E-state index contributed by atoms with van der Waals surface area (Å²) < 4.78 is 12.2. The number of piperidine rings is 1. The number of nitrogens with zero attached hydrogens (tertiary/aromatic N) is 1. The molecule has 2 atom stereocenters. The van der Waals surface area contributed by atoms with Crippen molar-refractivity contribution in [1.29, 1.82) is 0 Å². The number of hydrogen-bond donors (Lipinski definition) is 1. The van der Waals surface area contributed by atoms with Crippen LogP contribution in [0.1, 0.15) is 38.5 Å². The first-order valence-corrected chi connectivity index (χ1v) is 6.24. The summed E-state index contributed by atoms with van der Waals surface area (Å²) in [6.07, 6.45) is 5.27. The van der Waals surface area contributed by atoms with Gasteiger partial charge in [0.25, 0.3) is 0 Å². The Labute approximate surface area is 95.6 Å². The van der Waals surface area contributed by atoms with Gasteiger partial charge in [-0.2, -0.15) is 0 Å². The van der Waals surface area contributed by atoms with E-state index in [1.165, 1.54) is 12.8 Å². The van der Waals surface area contributed by atoms with Crippen molar-refractivity contribution in [3.63, 3.8) is 0 Å². The standard InChI is InChI=1S/C12H20FNO2/c13-4-1-5-14-10-2-3-11(14)7-9(6-10)8-12(15)16/h9-11H,1-8H2,(H,15,16). The first-order chi connectivity index (χ1) is 7.70. The Bertz CT molecular complexity index is 245. The Morgan fingerprint density at radius 3 is 2.44 bits per heavy atom. The van der Waals surface area contributed by atoms with Gasteiger partial charge in [0.1, 0.15) is 0 Å². The molecule has 0 aromatic carbocycles. The number of fused-ring (bicyclic) bond motifs is 2. The molecular weight excluding hydrogens is 209 g/mol. The minimum Gasteiger partial charge on any atom is -0.481 e. The summed E-state index contributed by atoms with van der Waals surface area (Å²) in [5, 5.41) is 8.80. The third-order valence-electron chi connectivity index (χ3n) is 4.00. The first-order valence-electron chi connectivity index (χ1n) is 6.24. The van der Waals surface area contributed by atoms with Gasteiger partial charge < -0.3 is 5.11 Å². The van der Waals surface area contributed by atoms with Gasteiger partial charge in [-0.05, 0) is 38.0 Å². The van der Waals surface area contributed by atoms with Crippen molar-refractivity contribution >= 4 is 5.97 Å². The van der Waals surface area contributed by atoms with Crippen LogP contribution in [0.4, 0.5) is 4.39 Å². The summed E-state index contributed by atoms with van der Waals surface area (Å²) in [4.78, 5) is 13.1. The highest BCUT2D eigenvalue weighted by Gasteiger charge is 2.40. The summed E-state index contributed by atoms with van der Waals surface area (Å²) in [5.74, 6) is -0.335. The molecule has 16 heavy (non-hydrogen) atoms. The summed E-state index contributed by atoms with van der Waals surface area (Å²) in [6, 6.07) is 1.05. The fourth-order valence-corrected chi connectivity index (χ4v) is 3.41. The molecule has 92 valence electrons. The van der Waals surface area contributed by atoms with Gasteiger partial charge in [0.2, 0.25) is 0 Å². The lowest BCUT2D eigenvalue weighted by molar-refractivity contribution is -0.138. The average molecular weight is 229 g/mol. The van der Waals surface area contributed by atoms with Gasteiger partial charge in [-0.25, -0.2) is 0 Å². The quantitative estimate of drug-likeness (QED) is 0.784. The largest absolute Gasteiger partial charge is 0.481 e. The third kappa shape index (κ3) is 2.54. The van der Waals surface area contributed by atoms with Gasteiger partial charge in [0.05, 0.1) is 6.67 Å². The molecule has 0 aromatic heterocycles. The first kappa shape index (κ1) is 11.8. The minimum atomic E-state index is -0.679. The van der Waals surface area contributed by atoms with E-state index in [1.807, 2.05) is 0 Å². The van der Waals surface area contributed by atoms with Crippen molar-refractivity contribution in [3.05, 3.63) is 0 Å². The van der Waals surface area contributed by atoms with Crippen LogP contribution in [0.25, 0.3) is 0 Å². The zero-order valence-electron chi connectivity index (χ0n) is 9.57. The van der Waals surface area contributed by atoms with Gasteiger partial charge in [-0.3, -0.25) is 14.1 Å². The van der Waals surface area contributed by atoms with Crippen LogP contribution in [0.2, 0.25) is 0 Å². The van der Waals surface area contributed by atoms with E-state index in [4.69, 9.17) is 5.11 Å². The highest BCUT2D eigenvalue weighted by Crippen LogP contribution is 2.39. The van der Waals surface area contributed by atoms with E-state index in [9.17, 15) is 9.18 Å². The van der Waals surface area contributed by atoms with E-state index < -0.39 is 5.97 Å². The Balaban J connectivity index is 1.88. The maximum absolute atomic E-state index is 12.2. The number of rotatable bonds is 5. The van der Waals surface area contributed by atoms with E-state index >= 15 is 0 Å². The zero-order chi connectivity index (χ0) is 11.5. The second-order valence-corrected chi connectivity index (χ2v) is 5.10. The fourth-order valence-electron chi connectivity index (χ4n) is 3.41. The Kier molecular flexibility index (Phi) is 3.79. The topological polar surface area (TPSA) is 40.5 Å². The number of carboxylic acid groups (broad SMARTS) is 1. The normalized spacial score (nSPS) is 34.2. The second kappa shape index (κ2) is 5.13. The summed E-state index contributed by atoms with van der Waals surface area (Å²) >= 11 is 0. The lowest BCUT2D eigenvalue weighted by atomic mass is 9.88. The van der Waals surface area contributed by atoms with E-state index in [2.05, 4.69) is 4.90 Å². The molecule has 0 aliphatic carbocycles. The van der Waals surface area contributed by atoms with Gasteiger partial charge >= 0.3 is 5.97 Å². The van der Waals surface area contributed by atoms with Crippen LogP contribution >= 0.6 is 0 Å².